The maximum atomic E-state index is 13.5. The summed E-state index contributed by atoms with van der Waals surface area (Å²) in [6.07, 6.45) is -2.37. The molecule has 2 rings (SSSR count). The zero-order valence-electron chi connectivity index (χ0n) is 37.1. The summed E-state index contributed by atoms with van der Waals surface area (Å²) in [5.74, 6) is -4.03. The molecule has 0 bridgehead atoms. The van der Waals surface area contributed by atoms with Gasteiger partial charge in [0, 0.05) is 20.2 Å². The smallest absolute Gasteiger partial charge is 0.254 e. The van der Waals surface area contributed by atoms with Crippen LogP contribution in [0, 0.1) is 21.4 Å². The molecule has 0 aliphatic rings. The van der Waals surface area contributed by atoms with Crippen LogP contribution in [0.2, 0.25) is 0 Å². The molecule has 0 spiro atoms. The van der Waals surface area contributed by atoms with Crippen LogP contribution in [0.25, 0.3) is 0 Å². The largest absolute Gasteiger partial charge is 0.394 e. The van der Waals surface area contributed by atoms with Crippen molar-refractivity contribution < 1.29 is 78.4 Å². The number of halogens is 6. The van der Waals surface area contributed by atoms with E-state index in [0.29, 0.717) is 13.6 Å². The first-order chi connectivity index (χ1) is 32.0. The van der Waals surface area contributed by atoms with Gasteiger partial charge in [-0.2, -0.15) is 0 Å². The lowest BCUT2D eigenvalue weighted by atomic mass is 10.0. The van der Waals surface area contributed by atoms with Crippen molar-refractivity contribution in [2.45, 2.75) is 57.4 Å². The molecule has 2 aromatic carbocycles. The average molecular weight is 1640 g/mol. The van der Waals surface area contributed by atoms with Crippen molar-refractivity contribution in [3.63, 3.8) is 0 Å². The maximum absolute atomic E-state index is 13.5. The molecule has 28 heteroatoms. The highest BCUT2D eigenvalue weighted by Crippen LogP contribution is 2.37. The van der Waals surface area contributed by atoms with Gasteiger partial charge in [0.1, 0.15) is 19.0 Å². The van der Waals surface area contributed by atoms with Gasteiger partial charge in [0.25, 0.3) is 35.4 Å². The summed E-state index contributed by atoms with van der Waals surface area (Å²) in [6, 6.07) is 0. The third kappa shape index (κ3) is 18.6. The van der Waals surface area contributed by atoms with Crippen molar-refractivity contribution in [2.24, 2.45) is 0 Å². The van der Waals surface area contributed by atoms with Gasteiger partial charge in [0.15, 0.2) is 0 Å². The fraction of sp³-hybridized carbons (Fsp3) is 0.550. The van der Waals surface area contributed by atoms with Crippen LogP contribution in [-0.4, -0.2) is 175 Å². The highest BCUT2D eigenvalue weighted by molar-refractivity contribution is 14.1. The second-order valence-corrected chi connectivity index (χ2v) is 21.6. The highest BCUT2D eigenvalue weighted by Gasteiger charge is 2.34. The number of rotatable bonds is 29. The predicted octanol–water partition coefficient (Wildman–Crippen LogP) is 1.47. The molecule has 2 atom stereocenters. The number of benzene rings is 2. The van der Waals surface area contributed by atoms with E-state index in [4.69, 9.17) is 18.9 Å². The number of carbonyl (C=O) groups excluding carboxylic acids is 6. The van der Waals surface area contributed by atoms with Crippen LogP contribution < -0.4 is 31.9 Å². The Hall–Kier alpha value is -0.760. The zero-order valence-corrected chi connectivity index (χ0v) is 50.0. The van der Waals surface area contributed by atoms with E-state index in [9.17, 15) is 59.4 Å². The van der Waals surface area contributed by atoms with Crippen molar-refractivity contribution in [1.82, 2.24) is 21.3 Å². The molecule has 2 unspecified atom stereocenters. The number of carbonyl (C=O) groups is 6. The van der Waals surface area contributed by atoms with Gasteiger partial charge in [0.05, 0.1) is 125 Å². The second-order valence-electron chi connectivity index (χ2n) is 15.2. The van der Waals surface area contributed by atoms with Gasteiger partial charge < -0.3 is 81.5 Å². The normalized spacial score (nSPS) is 12.5. The van der Waals surface area contributed by atoms with Gasteiger partial charge in [-0.05, 0) is 170 Å². The monoisotopic (exact) mass is 1640 g/mol. The summed E-state index contributed by atoms with van der Waals surface area (Å²) in [4.78, 5) is 78.7. The van der Waals surface area contributed by atoms with Gasteiger partial charge in [-0.1, -0.05) is 0 Å². The standard InChI is InChI=1S/C40H54I6N6O16/c1-19(57)33(59)49-31-27(43)21(25(41)23(29(31)45)37(63)51-39(3,14-53)15-54)35(61)47-6-5-8-67-18-68-13-12-66-11-10-65-9-7-48-36(62)22-26(42)24(38(64)52-40(4,16-55)17-56)30(46)32(28(22)44)50-34(60)20(2)58/h19-20,53-58H,5-18H2,1-4H3,(H,47,61)(H,48,62)(H,49,59)(H,50,60)(H,51,63)(H,52,64). The fourth-order valence-electron chi connectivity index (χ4n) is 5.14. The van der Waals surface area contributed by atoms with E-state index in [-0.39, 0.29) is 107 Å². The van der Waals surface area contributed by atoms with Gasteiger partial charge in [-0.3, -0.25) is 28.8 Å². The Morgan fingerprint density at radius 2 is 0.809 bits per heavy atom. The van der Waals surface area contributed by atoms with Gasteiger partial charge in [-0.25, -0.2) is 0 Å². The Kier molecular flexibility index (Phi) is 29.0. The summed E-state index contributed by atoms with van der Waals surface area (Å²) >= 11 is 11.2. The van der Waals surface area contributed by atoms with E-state index in [1.807, 2.05) is 136 Å². The van der Waals surface area contributed by atoms with E-state index >= 15 is 0 Å². The minimum Gasteiger partial charge on any atom is -0.394 e. The minimum atomic E-state index is -1.39. The summed E-state index contributed by atoms with van der Waals surface area (Å²) < 4.78 is 23.7. The molecular formula is C40H54I6N6O16. The first kappa shape index (κ1) is 63.4. The second kappa shape index (κ2) is 31.1. The molecule has 0 aromatic heterocycles. The van der Waals surface area contributed by atoms with Crippen molar-refractivity contribution in [3.05, 3.63) is 43.7 Å². The molecule has 12 N–H and O–H groups in total. The molecule has 0 saturated heterocycles. The fourth-order valence-corrected chi connectivity index (χ4v) is 14.0. The Morgan fingerprint density at radius 1 is 0.485 bits per heavy atom. The molecule has 0 heterocycles. The van der Waals surface area contributed by atoms with Crippen LogP contribution in [-0.2, 0) is 28.5 Å². The van der Waals surface area contributed by atoms with Crippen molar-refractivity contribution in [1.29, 1.82) is 0 Å². The number of aliphatic hydroxyl groups excluding tert-OH is 6. The van der Waals surface area contributed by atoms with E-state index in [2.05, 4.69) is 31.9 Å². The van der Waals surface area contributed by atoms with E-state index < -0.39 is 85.2 Å². The molecule has 0 radical (unpaired) electrons. The number of amides is 6. The maximum Gasteiger partial charge on any atom is 0.254 e. The minimum absolute atomic E-state index is 0.0226. The molecule has 0 fully saturated rings. The molecule has 382 valence electrons. The van der Waals surface area contributed by atoms with Crippen LogP contribution in [0.5, 0.6) is 0 Å². The lowest BCUT2D eigenvalue weighted by Crippen LogP contribution is -2.52. The number of aliphatic hydroxyl groups is 6. The van der Waals surface area contributed by atoms with Crippen molar-refractivity contribution in [2.75, 3.05) is 96.6 Å². The SMILES string of the molecule is CC(O)C(=O)Nc1c(I)c(C(=O)NCCCOCOCCOCCOCCNC(=O)c2c(I)c(NC(=O)C(C)O)c(I)c(C(=O)NC(C)(CO)CO)c2I)c(I)c(C(=O)NC(C)(CO)CO)c1I. The third-order valence-corrected chi connectivity index (χ3v) is 15.7. The van der Waals surface area contributed by atoms with Crippen LogP contribution in [0.15, 0.2) is 0 Å². The summed E-state index contributed by atoms with van der Waals surface area (Å²) in [7, 11) is 0. The van der Waals surface area contributed by atoms with Crippen molar-refractivity contribution >= 4 is 182 Å². The summed E-state index contributed by atoms with van der Waals surface area (Å²) in [5, 5.41) is 74.4. The summed E-state index contributed by atoms with van der Waals surface area (Å²) in [6.45, 7) is 4.56. The molecule has 0 saturated carbocycles. The number of ether oxygens (including phenoxy) is 4. The Labute approximate surface area is 474 Å². The first-order valence-corrected chi connectivity index (χ1v) is 26.8. The highest BCUT2D eigenvalue weighted by atomic mass is 127. The third-order valence-electron chi connectivity index (χ3n) is 9.22. The number of hydrogen-bond donors (Lipinski definition) is 12. The van der Waals surface area contributed by atoms with Crippen LogP contribution in [0.3, 0.4) is 0 Å². The Bertz CT molecular complexity index is 1970. The van der Waals surface area contributed by atoms with Gasteiger partial charge >= 0.3 is 0 Å². The zero-order chi connectivity index (χ0) is 51.5. The molecule has 6 amide bonds. The van der Waals surface area contributed by atoms with Gasteiger partial charge in [0.2, 0.25) is 0 Å². The summed E-state index contributed by atoms with van der Waals surface area (Å²) in [5.41, 5.74) is -2.25. The molecular weight excluding hydrogens is 1580 g/mol. The van der Waals surface area contributed by atoms with E-state index in [1.165, 1.54) is 27.7 Å². The van der Waals surface area contributed by atoms with Gasteiger partial charge in [-0.15, -0.1) is 0 Å². The van der Waals surface area contributed by atoms with Crippen molar-refractivity contribution in [3.8, 4) is 0 Å². The number of hydrogen-bond acceptors (Lipinski definition) is 16. The van der Waals surface area contributed by atoms with Crippen LogP contribution in [0.1, 0.15) is 75.5 Å². The van der Waals surface area contributed by atoms with E-state index in [1.54, 1.807) is 0 Å². The van der Waals surface area contributed by atoms with Crippen LogP contribution in [0.4, 0.5) is 11.4 Å². The molecule has 68 heavy (non-hydrogen) atoms. The number of anilines is 2. The first-order valence-electron chi connectivity index (χ1n) is 20.3. The molecule has 0 aliphatic heterocycles. The lowest BCUT2D eigenvalue weighted by molar-refractivity contribution is -0.123. The topological polar surface area (TPSA) is 333 Å². The Morgan fingerprint density at radius 3 is 1.18 bits per heavy atom. The Balaban J connectivity index is 1.83. The quantitative estimate of drug-likeness (QED) is 0.0312. The average Bonchev–Trinajstić information content (AvgIpc) is 3.28. The van der Waals surface area contributed by atoms with Crippen LogP contribution >= 0.6 is 136 Å². The molecule has 22 nitrogen and oxygen atoms in total. The van der Waals surface area contributed by atoms with E-state index in [0.717, 1.165) is 0 Å². The lowest BCUT2D eigenvalue weighted by Gasteiger charge is -2.27. The molecule has 2 aromatic rings. The molecule has 0 aliphatic carbocycles. The predicted molar refractivity (Wildman–Crippen MR) is 298 cm³/mol. The number of nitrogens with one attached hydrogen (secondary N) is 6.